The van der Waals surface area contributed by atoms with Crippen molar-refractivity contribution < 1.29 is 21.9 Å². The summed E-state index contributed by atoms with van der Waals surface area (Å²) < 4.78 is 54.6. The minimum atomic E-state index is -4.23. The molecule has 0 amide bonds. The molecule has 19 heavy (non-hydrogen) atoms. The van der Waals surface area contributed by atoms with Crippen molar-refractivity contribution in [3.05, 3.63) is 23.8 Å². The molecule has 7 heteroatoms. The largest absolute Gasteiger partial charge is 0.489 e. The Balaban J connectivity index is 2.27. The minimum Gasteiger partial charge on any atom is -0.489 e. The van der Waals surface area contributed by atoms with Crippen LogP contribution in [-0.4, -0.2) is 15.0 Å². The number of hydrogen-bond acceptors (Lipinski definition) is 3. The van der Waals surface area contributed by atoms with E-state index in [2.05, 4.69) is 0 Å². The highest BCUT2D eigenvalue weighted by atomic mass is 32.2. The van der Waals surface area contributed by atoms with E-state index in [4.69, 9.17) is 9.88 Å². The summed E-state index contributed by atoms with van der Waals surface area (Å²) in [6.45, 7) is 0.213. The Labute approximate surface area is 110 Å². The van der Waals surface area contributed by atoms with Gasteiger partial charge in [-0.2, -0.15) is 0 Å². The molecule has 1 aliphatic rings. The van der Waals surface area contributed by atoms with Crippen LogP contribution in [0.1, 0.15) is 25.7 Å². The molecule has 1 aromatic rings. The van der Waals surface area contributed by atoms with Crippen LogP contribution in [0.2, 0.25) is 0 Å². The molecule has 0 aromatic heterocycles. The summed E-state index contributed by atoms with van der Waals surface area (Å²) in [7, 11) is -4.23. The van der Waals surface area contributed by atoms with Gasteiger partial charge in [0, 0.05) is 6.07 Å². The molecule has 0 bridgehead atoms. The zero-order valence-corrected chi connectivity index (χ0v) is 11.1. The van der Waals surface area contributed by atoms with Crippen LogP contribution in [-0.2, 0) is 10.0 Å². The molecule has 0 aliphatic heterocycles. The summed E-state index contributed by atoms with van der Waals surface area (Å²) in [6.07, 6.45) is 4.10. The fourth-order valence-electron chi connectivity index (χ4n) is 2.27. The zero-order valence-electron chi connectivity index (χ0n) is 10.2. The lowest BCUT2D eigenvalue weighted by molar-refractivity contribution is 0.235. The Morgan fingerprint density at radius 3 is 2.47 bits per heavy atom. The topological polar surface area (TPSA) is 69.4 Å². The Morgan fingerprint density at radius 1 is 1.26 bits per heavy atom. The number of nitrogens with two attached hydrogens (primary N) is 1. The molecular formula is C12H15F2NO3S. The number of benzene rings is 1. The van der Waals surface area contributed by atoms with E-state index in [1.165, 1.54) is 0 Å². The molecule has 1 aliphatic carbocycles. The standard InChI is InChI=1S/C12H15F2NO3S/c13-9-5-10(14)12(11(6-9)19(15,16)17)18-7-8-3-1-2-4-8/h5-6,8H,1-4,7H2,(H2,15,16,17). The van der Waals surface area contributed by atoms with Crippen LogP contribution in [0, 0.1) is 17.6 Å². The van der Waals surface area contributed by atoms with Gasteiger partial charge in [-0.25, -0.2) is 22.3 Å². The van der Waals surface area contributed by atoms with Gasteiger partial charge in [-0.15, -0.1) is 0 Å². The number of rotatable bonds is 4. The zero-order chi connectivity index (χ0) is 14.0. The molecule has 0 unspecified atom stereocenters. The van der Waals surface area contributed by atoms with E-state index in [9.17, 15) is 17.2 Å². The second-order valence-electron chi connectivity index (χ2n) is 4.72. The Morgan fingerprint density at radius 2 is 1.89 bits per heavy atom. The van der Waals surface area contributed by atoms with Crippen molar-refractivity contribution in [3.8, 4) is 5.75 Å². The molecule has 1 fully saturated rings. The molecule has 0 spiro atoms. The Bertz CT molecular complexity index is 569. The maximum Gasteiger partial charge on any atom is 0.241 e. The summed E-state index contributed by atoms with van der Waals surface area (Å²) >= 11 is 0. The van der Waals surface area contributed by atoms with E-state index >= 15 is 0 Å². The van der Waals surface area contributed by atoms with Gasteiger partial charge in [0.05, 0.1) is 6.61 Å². The van der Waals surface area contributed by atoms with Crippen molar-refractivity contribution >= 4 is 10.0 Å². The van der Waals surface area contributed by atoms with Crippen molar-refractivity contribution in [2.45, 2.75) is 30.6 Å². The van der Waals surface area contributed by atoms with Gasteiger partial charge in [0.1, 0.15) is 10.7 Å². The predicted octanol–water partition coefficient (Wildman–Crippen LogP) is 2.18. The summed E-state index contributed by atoms with van der Waals surface area (Å²) in [6, 6.07) is 1.25. The van der Waals surface area contributed by atoms with Crippen LogP contribution < -0.4 is 9.88 Å². The van der Waals surface area contributed by atoms with Gasteiger partial charge in [-0.3, -0.25) is 0 Å². The molecular weight excluding hydrogens is 276 g/mol. The van der Waals surface area contributed by atoms with E-state index < -0.39 is 32.3 Å². The minimum absolute atomic E-state index is 0.213. The summed E-state index contributed by atoms with van der Waals surface area (Å²) in [4.78, 5) is -0.650. The van der Waals surface area contributed by atoms with Crippen molar-refractivity contribution in [1.82, 2.24) is 0 Å². The fourth-order valence-corrected chi connectivity index (χ4v) is 2.96. The first-order chi connectivity index (χ1) is 8.88. The van der Waals surface area contributed by atoms with Gasteiger partial charge in [0.2, 0.25) is 10.0 Å². The summed E-state index contributed by atoms with van der Waals surface area (Å²) in [5.74, 6) is -2.27. The molecule has 4 nitrogen and oxygen atoms in total. The van der Waals surface area contributed by atoms with Gasteiger partial charge >= 0.3 is 0 Å². The van der Waals surface area contributed by atoms with Gasteiger partial charge < -0.3 is 4.74 Å². The van der Waals surface area contributed by atoms with Crippen LogP contribution in [0.15, 0.2) is 17.0 Å². The van der Waals surface area contributed by atoms with Crippen LogP contribution in [0.25, 0.3) is 0 Å². The lowest BCUT2D eigenvalue weighted by Crippen LogP contribution is -2.17. The number of halogens is 2. The van der Waals surface area contributed by atoms with Gasteiger partial charge in [-0.05, 0) is 24.8 Å². The predicted molar refractivity (Wildman–Crippen MR) is 65.2 cm³/mol. The van der Waals surface area contributed by atoms with Crippen molar-refractivity contribution in [2.24, 2.45) is 11.1 Å². The van der Waals surface area contributed by atoms with Crippen molar-refractivity contribution in [3.63, 3.8) is 0 Å². The quantitative estimate of drug-likeness (QED) is 0.924. The maximum absolute atomic E-state index is 13.6. The first-order valence-electron chi connectivity index (χ1n) is 6.02. The lowest BCUT2D eigenvalue weighted by atomic mass is 10.1. The van der Waals surface area contributed by atoms with Gasteiger partial charge in [0.15, 0.2) is 11.6 Å². The fraction of sp³-hybridized carbons (Fsp3) is 0.500. The lowest BCUT2D eigenvalue weighted by Gasteiger charge is -2.14. The molecule has 0 atom stereocenters. The number of ether oxygens (including phenoxy) is 1. The Kier molecular flexibility index (Phi) is 4.05. The number of sulfonamides is 1. The highest BCUT2D eigenvalue weighted by Crippen LogP contribution is 2.30. The smallest absolute Gasteiger partial charge is 0.241 e. The average molecular weight is 291 g/mol. The monoisotopic (exact) mass is 291 g/mol. The molecule has 2 N–H and O–H groups in total. The maximum atomic E-state index is 13.6. The molecule has 0 heterocycles. The number of primary sulfonamides is 1. The normalized spacial score (nSPS) is 16.8. The first kappa shape index (κ1) is 14.2. The summed E-state index contributed by atoms with van der Waals surface area (Å²) in [5, 5.41) is 4.94. The second-order valence-corrected chi connectivity index (χ2v) is 6.25. The van der Waals surface area contributed by atoms with E-state index in [1.807, 2.05) is 0 Å². The van der Waals surface area contributed by atoms with Crippen molar-refractivity contribution in [2.75, 3.05) is 6.61 Å². The first-order valence-corrected chi connectivity index (χ1v) is 7.57. The molecule has 0 saturated heterocycles. The highest BCUT2D eigenvalue weighted by Gasteiger charge is 2.23. The SMILES string of the molecule is NS(=O)(=O)c1cc(F)cc(F)c1OCC1CCCC1. The average Bonchev–Trinajstić information content (AvgIpc) is 2.78. The molecule has 2 rings (SSSR count). The van der Waals surface area contributed by atoms with Crippen molar-refractivity contribution in [1.29, 1.82) is 0 Å². The van der Waals surface area contributed by atoms with E-state index in [1.54, 1.807) is 0 Å². The van der Waals surface area contributed by atoms with E-state index in [0.717, 1.165) is 25.7 Å². The van der Waals surface area contributed by atoms with E-state index in [0.29, 0.717) is 12.1 Å². The molecule has 1 saturated carbocycles. The van der Waals surface area contributed by atoms with Crippen LogP contribution in [0.5, 0.6) is 5.75 Å². The van der Waals surface area contributed by atoms with Crippen LogP contribution in [0.3, 0.4) is 0 Å². The van der Waals surface area contributed by atoms with Gasteiger partial charge in [-0.1, -0.05) is 12.8 Å². The van der Waals surface area contributed by atoms with Crippen LogP contribution >= 0.6 is 0 Å². The second kappa shape index (κ2) is 5.42. The molecule has 0 radical (unpaired) electrons. The summed E-state index contributed by atoms with van der Waals surface area (Å²) in [5.41, 5.74) is 0. The Hall–Kier alpha value is -1.21. The van der Waals surface area contributed by atoms with Crippen LogP contribution in [0.4, 0.5) is 8.78 Å². The molecule has 1 aromatic carbocycles. The number of hydrogen-bond donors (Lipinski definition) is 1. The third-order valence-electron chi connectivity index (χ3n) is 3.22. The van der Waals surface area contributed by atoms with E-state index in [-0.39, 0.29) is 12.5 Å². The van der Waals surface area contributed by atoms with Gasteiger partial charge in [0.25, 0.3) is 0 Å². The highest BCUT2D eigenvalue weighted by molar-refractivity contribution is 7.89. The molecule has 106 valence electrons. The third kappa shape index (κ3) is 3.42. The third-order valence-corrected chi connectivity index (χ3v) is 4.14.